The van der Waals surface area contributed by atoms with Gasteiger partial charge in [0.15, 0.2) is 16.6 Å². The average molecular weight is 810 g/mol. The highest BCUT2D eigenvalue weighted by Gasteiger charge is 2.72. The first-order chi connectivity index (χ1) is 24.9. The number of aliphatic hydroxyl groups is 1. The number of thioether (sulfide) groups is 1. The lowest BCUT2D eigenvalue weighted by atomic mass is 9.45. The summed E-state index contributed by atoms with van der Waals surface area (Å²) in [5.41, 5.74) is -4.39. The molecule has 0 aromatic rings. The number of unbranched alkanes of at least 4 members (excludes halogenated alkanes) is 1. The number of halogens is 2. The van der Waals surface area contributed by atoms with Gasteiger partial charge in [-0.05, 0) is 87.3 Å². The van der Waals surface area contributed by atoms with E-state index in [1.165, 1.54) is 18.6 Å². The minimum Gasteiger partial charge on any atom is -0.390 e. The highest BCUT2D eigenvalue weighted by Crippen LogP contribution is 2.69. The number of phosphoric acid groups is 1. The highest BCUT2D eigenvalue weighted by molar-refractivity contribution is 8.13. The summed E-state index contributed by atoms with van der Waals surface area (Å²) in [6.45, 7) is 2.70. The molecule has 0 heterocycles. The number of hydrogen-bond acceptors (Lipinski definition) is 10. The van der Waals surface area contributed by atoms with Gasteiger partial charge in [-0.15, -0.1) is 0 Å². The molecule has 0 aromatic heterocycles. The van der Waals surface area contributed by atoms with Crippen molar-refractivity contribution in [2.24, 2.45) is 28.6 Å². The molecule has 0 saturated heterocycles. The fourth-order valence-electron chi connectivity index (χ4n) is 9.68. The second-order valence-corrected chi connectivity index (χ2v) is 20.5. The standard InChI is InChI=1S/C36H55F2NO11P2S/c1-34-22-31(41)36(38)28(21-30(37)29-20-24(40)14-15-35(29,36)2)26(34)12-13-27(34)33(43)53-19-9-8-18-51(44,45)50-52(46,47)49-17-16-39-32(42)23-48-25-10-6-4-3-5-7-11-25/h14-15,20,25-28,30-31,41H,3-13,16-19,21-23H2,1-2H3,(H,39,42)(H,44,45)(H,46,47)/t26?,27-,28+,30+,31+,34+,35+,36+/m1/s1. The molecule has 4 saturated carbocycles. The monoisotopic (exact) mass is 809 g/mol. The Kier molecular flexibility index (Phi) is 14.1. The molecule has 4 fully saturated rings. The van der Waals surface area contributed by atoms with Gasteiger partial charge in [-0.1, -0.05) is 56.9 Å². The van der Waals surface area contributed by atoms with Gasteiger partial charge in [-0.2, -0.15) is 0 Å². The van der Waals surface area contributed by atoms with Crippen LogP contribution >= 0.6 is 27.2 Å². The second-order valence-electron chi connectivity index (χ2n) is 15.8. The zero-order valence-corrected chi connectivity index (χ0v) is 33.2. The van der Waals surface area contributed by atoms with E-state index in [0.29, 0.717) is 19.3 Å². The van der Waals surface area contributed by atoms with Crippen LogP contribution in [0, 0.1) is 28.6 Å². The van der Waals surface area contributed by atoms with Crippen LogP contribution in [0.2, 0.25) is 0 Å². The van der Waals surface area contributed by atoms with Crippen molar-refractivity contribution in [3.05, 3.63) is 23.8 Å². The molecule has 4 N–H and O–H groups in total. The molecule has 0 spiro atoms. The molecular formula is C36H55F2NO11P2S. The van der Waals surface area contributed by atoms with Crippen molar-refractivity contribution in [2.45, 2.75) is 121 Å². The Hall–Kier alpha value is -1.28. The molecule has 53 heavy (non-hydrogen) atoms. The van der Waals surface area contributed by atoms with Gasteiger partial charge in [0.05, 0.1) is 25.0 Å². The number of ketones is 1. The zero-order chi connectivity index (χ0) is 38.7. The number of alkyl halides is 2. The van der Waals surface area contributed by atoms with Crippen LogP contribution in [-0.4, -0.2) is 87.4 Å². The summed E-state index contributed by atoms with van der Waals surface area (Å²) in [4.78, 5) is 57.8. The lowest BCUT2D eigenvalue weighted by Crippen LogP contribution is -2.68. The smallest absolute Gasteiger partial charge is 0.390 e. The second kappa shape index (κ2) is 17.5. The molecule has 5 aliphatic rings. The summed E-state index contributed by atoms with van der Waals surface area (Å²) in [5, 5.41) is 13.8. The molecule has 5 rings (SSSR count). The fraction of sp³-hybridized carbons (Fsp3) is 0.806. The minimum atomic E-state index is -4.91. The van der Waals surface area contributed by atoms with E-state index in [4.69, 9.17) is 9.26 Å². The number of amides is 1. The molecule has 5 aliphatic carbocycles. The summed E-state index contributed by atoms with van der Waals surface area (Å²) in [6, 6.07) is 0. The van der Waals surface area contributed by atoms with Gasteiger partial charge in [0, 0.05) is 29.5 Å². The van der Waals surface area contributed by atoms with Crippen molar-refractivity contribution in [2.75, 3.05) is 31.7 Å². The van der Waals surface area contributed by atoms with E-state index in [2.05, 4.69) is 9.63 Å². The molecular weight excluding hydrogens is 754 g/mol. The van der Waals surface area contributed by atoms with Crippen LogP contribution in [-0.2, 0) is 37.1 Å². The van der Waals surface area contributed by atoms with Crippen LogP contribution in [0.15, 0.2) is 23.8 Å². The van der Waals surface area contributed by atoms with E-state index in [0.717, 1.165) is 56.4 Å². The Bertz CT molecular complexity index is 1530. The third-order valence-electron chi connectivity index (χ3n) is 12.4. The van der Waals surface area contributed by atoms with Gasteiger partial charge < -0.3 is 24.9 Å². The number of allylic oxidation sites excluding steroid dienone is 4. The maximum absolute atomic E-state index is 17.2. The van der Waals surface area contributed by atoms with E-state index in [1.54, 1.807) is 6.92 Å². The number of carbonyl (C=O) groups excluding carboxylic acids is 3. The number of rotatable bonds is 15. The lowest BCUT2D eigenvalue weighted by molar-refractivity contribution is -0.201. The number of hydrogen-bond donors (Lipinski definition) is 4. The molecule has 0 radical (unpaired) electrons. The lowest BCUT2D eigenvalue weighted by Gasteiger charge is -2.62. The third-order valence-corrected chi connectivity index (χ3v) is 16.7. The quantitative estimate of drug-likeness (QED) is 0.104. The van der Waals surface area contributed by atoms with E-state index in [-0.39, 0.29) is 60.9 Å². The van der Waals surface area contributed by atoms with E-state index in [9.17, 15) is 38.4 Å². The summed E-state index contributed by atoms with van der Waals surface area (Å²) in [7, 11) is -9.46. The summed E-state index contributed by atoms with van der Waals surface area (Å²) in [6.07, 6.45) is 8.99. The van der Waals surface area contributed by atoms with Gasteiger partial charge >= 0.3 is 15.4 Å². The molecule has 0 bridgehead atoms. The Morgan fingerprint density at radius 3 is 2.45 bits per heavy atom. The maximum atomic E-state index is 17.2. The predicted octanol–water partition coefficient (Wildman–Crippen LogP) is 6.53. The largest absolute Gasteiger partial charge is 0.479 e. The predicted molar refractivity (Wildman–Crippen MR) is 195 cm³/mol. The molecule has 17 heteroatoms. The Morgan fingerprint density at radius 2 is 1.74 bits per heavy atom. The molecule has 10 atom stereocenters. The van der Waals surface area contributed by atoms with Crippen molar-refractivity contribution in [1.82, 2.24) is 5.32 Å². The number of aliphatic hydroxyl groups excluding tert-OH is 1. The Labute approximate surface area is 314 Å². The van der Waals surface area contributed by atoms with Crippen LogP contribution in [0.3, 0.4) is 0 Å². The van der Waals surface area contributed by atoms with Crippen LogP contribution in [0.5, 0.6) is 0 Å². The van der Waals surface area contributed by atoms with Crippen LogP contribution in [0.25, 0.3) is 0 Å². The number of phosphoric ester groups is 1. The number of nitrogens with one attached hydrogen (secondary N) is 1. The molecule has 3 unspecified atom stereocenters. The van der Waals surface area contributed by atoms with Crippen molar-refractivity contribution >= 4 is 44.0 Å². The van der Waals surface area contributed by atoms with Crippen LogP contribution in [0.4, 0.5) is 8.78 Å². The molecule has 0 aromatic carbocycles. The zero-order valence-electron chi connectivity index (χ0n) is 30.6. The number of fused-ring (bicyclic) bond motifs is 5. The fourth-order valence-corrected chi connectivity index (χ4v) is 13.6. The van der Waals surface area contributed by atoms with E-state index >= 15 is 8.78 Å². The minimum absolute atomic E-state index is 0.0127. The number of ether oxygens (including phenoxy) is 1. The van der Waals surface area contributed by atoms with Gasteiger partial charge in [0.2, 0.25) is 5.91 Å². The maximum Gasteiger partial charge on any atom is 0.479 e. The first-order valence-corrected chi connectivity index (χ1v) is 23.2. The first kappa shape index (κ1) is 42.9. The Morgan fingerprint density at radius 1 is 1.04 bits per heavy atom. The summed E-state index contributed by atoms with van der Waals surface area (Å²) < 4.78 is 72.7. The average Bonchev–Trinajstić information content (AvgIpc) is 3.40. The highest BCUT2D eigenvalue weighted by atomic mass is 32.2. The van der Waals surface area contributed by atoms with Crippen molar-refractivity contribution in [3.63, 3.8) is 0 Å². The SMILES string of the molecule is C[C@]12C[C@H](O)[C@@]3(F)[C@@H](C[C@H](F)C4=CC(=O)C=C[C@@]43C)C1CC[C@@H]2C(=O)SCCCCP(=O)(O)OP(=O)(O)OCCNC(=O)COC1CCCCCCC1. The van der Waals surface area contributed by atoms with E-state index in [1.807, 2.05) is 6.92 Å². The summed E-state index contributed by atoms with van der Waals surface area (Å²) >= 11 is 1.04. The van der Waals surface area contributed by atoms with E-state index < -0.39 is 80.5 Å². The van der Waals surface area contributed by atoms with Gasteiger partial charge in [0.25, 0.3) is 0 Å². The molecule has 1 amide bonds. The van der Waals surface area contributed by atoms with Gasteiger partial charge in [-0.3, -0.25) is 23.5 Å². The molecule has 0 aliphatic heterocycles. The van der Waals surface area contributed by atoms with Crippen LogP contribution < -0.4 is 5.32 Å². The normalized spacial score (nSPS) is 36.8. The molecule has 300 valence electrons. The molecule has 12 nitrogen and oxygen atoms in total. The van der Waals surface area contributed by atoms with Crippen molar-refractivity contribution in [1.29, 1.82) is 0 Å². The van der Waals surface area contributed by atoms with Crippen molar-refractivity contribution in [3.8, 4) is 0 Å². The number of carbonyl (C=O) groups is 3. The Balaban J connectivity index is 1.02. The van der Waals surface area contributed by atoms with Gasteiger partial charge in [0.1, 0.15) is 12.8 Å². The topological polar surface area (TPSA) is 186 Å². The first-order valence-electron chi connectivity index (χ1n) is 18.9. The summed E-state index contributed by atoms with van der Waals surface area (Å²) in [5.74, 6) is -2.24. The van der Waals surface area contributed by atoms with Gasteiger partial charge in [-0.25, -0.2) is 17.7 Å². The third kappa shape index (κ3) is 9.65. The van der Waals surface area contributed by atoms with Crippen LogP contribution in [0.1, 0.15) is 97.3 Å². The van der Waals surface area contributed by atoms with Crippen molar-refractivity contribution < 1.29 is 60.8 Å².